The number of hydrogen-bond acceptors (Lipinski definition) is 2. The van der Waals surface area contributed by atoms with Gasteiger partial charge in [-0.3, -0.25) is 4.79 Å². The van der Waals surface area contributed by atoms with Crippen molar-refractivity contribution in [2.24, 2.45) is 0 Å². The van der Waals surface area contributed by atoms with Gasteiger partial charge in [0.1, 0.15) is 11.6 Å². The summed E-state index contributed by atoms with van der Waals surface area (Å²) in [6.45, 7) is 0.0695. The first-order valence-corrected chi connectivity index (χ1v) is 7.67. The van der Waals surface area contributed by atoms with Crippen molar-refractivity contribution < 1.29 is 13.6 Å². The van der Waals surface area contributed by atoms with Crippen molar-refractivity contribution in [2.45, 2.75) is 31.8 Å². The van der Waals surface area contributed by atoms with Crippen LogP contribution in [0.2, 0.25) is 0 Å². The molecule has 0 spiro atoms. The summed E-state index contributed by atoms with van der Waals surface area (Å²) in [6, 6.07) is 11.5. The minimum Gasteiger partial charge on any atom is -0.381 e. The maximum absolute atomic E-state index is 13.5. The van der Waals surface area contributed by atoms with Gasteiger partial charge < -0.3 is 10.6 Å². The lowest BCUT2D eigenvalue weighted by Crippen LogP contribution is -2.26. The highest BCUT2D eigenvalue weighted by molar-refractivity contribution is 5.79. The van der Waals surface area contributed by atoms with Gasteiger partial charge in [0.25, 0.3) is 0 Å². The fraction of sp³-hybridized carbons (Fsp3) is 0.278. The standard InChI is InChI=1S/C18H18F2N2O/c19-16-2-1-3-17(20)15(16)11-21-13-6-4-12(5-7-13)10-18(23)22-14-8-9-14/h1-7,14,21H,8-11H2,(H,22,23). The largest absolute Gasteiger partial charge is 0.381 e. The predicted octanol–water partition coefficient (Wildman–Crippen LogP) is 3.40. The van der Waals surface area contributed by atoms with Gasteiger partial charge in [0.15, 0.2) is 0 Å². The number of hydrogen-bond donors (Lipinski definition) is 2. The van der Waals surface area contributed by atoms with Crippen LogP contribution < -0.4 is 10.6 Å². The van der Waals surface area contributed by atoms with Gasteiger partial charge in [-0.25, -0.2) is 8.78 Å². The predicted molar refractivity (Wildman–Crippen MR) is 85.0 cm³/mol. The summed E-state index contributed by atoms with van der Waals surface area (Å²) in [6.07, 6.45) is 2.49. The molecule has 1 fully saturated rings. The number of amides is 1. The quantitative estimate of drug-likeness (QED) is 0.857. The molecule has 2 aromatic carbocycles. The second-order valence-electron chi connectivity index (χ2n) is 5.77. The monoisotopic (exact) mass is 316 g/mol. The molecular weight excluding hydrogens is 298 g/mol. The van der Waals surface area contributed by atoms with Crippen molar-refractivity contribution in [3.8, 4) is 0 Å². The Morgan fingerprint density at radius 2 is 1.70 bits per heavy atom. The molecule has 0 atom stereocenters. The van der Waals surface area contributed by atoms with Gasteiger partial charge in [-0.05, 0) is 42.7 Å². The van der Waals surface area contributed by atoms with E-state index in [1.165, 1.54) is 18.2 Å². The zero-order chi connectivity index (χ0) is 16.2. The molecule has 0 aliphatic heterocycles. The maximum Gasteiger partial charge on any atom is 0.224 e. The van der Waals surface area contributed by atoms with Crippen LogP contribution in [0.5, 0.6) is 0 Å². The van der Waals surface area contributed by atoms with Crippen LogP contribution in [0, 0.1) is 11.6 Å². The van der Waals surface area contributed by atoms with Crippen LogP contribution in [0.15, 0.2) is 42.5 Å². The summed E-state index contributed by atoms with van der Waals surface area (Å²) in [5.41, 5.74) is 1.67. The van der Waals surface area contributed by atoms with Crippen molar-refractivity contribution in [1.29, 1.82) is 0 Å². The Morgan fingerprint density at radius 1 is 1.04 bits per heavy atom. The molecule has 1 amide bonds. The lowest BCUT2D eigenvalue weighted by Gasteiger charge is -2.09. The second kappa shape index (κ2) is 6.77. The smallest absolute Gasteiger partial charge is 0.224 e. The van der Waals surface area contributed by atoms with E-state index in [-0.39, 0.29) is 18.0 Å². The summed E-state index contributed by atoms with van der Waals surface area (Å²) < 4.78 is 27.1. The van der Waals surface area contributed by atoms with Crippen LogP contribution in [0.4, 0.5) is 14.5 Å². The van der Waals surface area contributed by atoms with Crippen molar-refractivity contribution in [1.82, 2.24) is 5.32 Å². The molecule has 0 unspecified atom stereocenters. The Labute approximate surface area is 133 Å². The van der Waals surface area contributed by atoms with E-state index < -0.39 is 11.6 Å². The Morgan fingerprint density at radius 3 is 2.30 bits per heavy atom. The van der Waals surface area contributed by atoms with Crippen LogP contribution in [0.3, 0.4) is 0 Å². The third-order valence-corrected chi connectivity index (χ3v) is 3.79. The van der Waals surface area contributed by atoms with Crippen LogP contribution in [0.1, 0.15) is 24.0 Å². The van der Waals surface area contributed by atoms with Gasteiger partial charge in [0, 0.05) is 23.8 Å². The molecule has 23 heavy (non-hydrogen) atoms. The Bertz CT molecular complexity index is 676. The third-order valence-electron chi connectivity index (χ3n) is 3.79. The molecular formula is C18H18F2N2O. The average Bonchev–Trinajstić information content (AvgIpc) is 3.32. The fourth-order valence-electron chi connectivity index (χ4n) is 2.32. The highest BCUT2D eigenvalue weighted by atomic mass is 19.1. The number of carbonyl (C=O) groups is 1. The highest BCUT2D eigenvalue weighted by Gasteiger charge is 2.22. The summed E-state index contributed by atoms with van der Waals surface area (Å²) >= 11 is 0. The van der Waals surface area contributed by atoms with Gasteiger partial charge in [0.05, 0.1) is 6.42 Å². The van der Waals surface area contributed by atoms with Crippen LogP contribution in [-0.2, 0) is 17.8 Å². The van der Waals surface area contributed by atoms with Crippen molar-refractivity contribution in [3.05, 3.63) is 65.2 Å². The first-order valence-electron chi connectivity index (χ1n) is 7.67. The highest BCUT2D eigenvalue weighted by Crippen LogP contribution is 2.19. The number of benzene rings is 2. The average molecular weight is 316 g/mol. The number of rotatable bonds is 6. The van der Waals surface area contributed by atoms with E-state index in [1.807, 2.05) is 12.1 Å². The fourth-order valence-corrected chi connectivity index (χ4v) is 2.32. The van der Waals surface area contributed by atoms with E-state index in [9.17, 15) is 13.6 Å². The van der Waals surface area contributed by atoms with E-state index in [0.29, 0.717) is 12.5 Å². The molecule has 2 aromatic rings. The Kier molecular flexibility index (Phi) is 4.55. The Balaban J connectivity index is 1.55. The van der Waals surface area contributed by atoms with E-state index >= 15 is 0 Å². The molecule has 3 rings (SSSR count). The summed E-state index contributed by atoms with van der Waals surface area (Å²) in [4.78, 5) is 11.7. The van der Waals surface area contributed by atoms with Gasteiger partial charge in [-0.2, -0.15) is 0 Å². The minimum absolute atomic E-state index is 0.0142. The molecule has 0 bridgehead atoms. The molecule has 120 valence electrons. The summed E-state index contributed by atoms with van der Waals surface area (Å²) in [5.74, 6) is -1.10. The lowest BCUT2D eigenvalue weighted by molar-refractivity contribution is -0.120. The molecule has 0 saturated heterocycles. The van der Waals surface area contributed by atoms with Crippen molar-refractivity contribution >= 4 is 11.6 Å². The van der Waals surface area contributed by atoms with Gasteiger partial charge in [-0.15, -0.1) is 0 Å². The number of anilines is 1. The first-order chi connectivity index (χ1) is 11.1. The van der Waals surface area contributed by atoms with E-state index in [1.54, 1.807) is 12.1 Å². The molecule has 3 nitrogen and oxygen atoms in total. The SMILES string of the molecule is O=C(Cc1ccc(NCc2c(F)cccc2F)cc1)NC1CC1. The molecule has 1 aliphatic rings. The zero-order valence-corrected chi connectivity index (χ0v) is 12.6. The normalized spacial score (nSPS) is 13.7. The zero-order valence-electron chi connectivity index (χ0n) is 12.6. The van der Waals surface area contributed by atoms with E-state index in [2.05, 4.69) is 10.6 Å². The van der Waals surface area contributed by atoms with Crippen LogP contribution in [-0.4, -0.2) is 11.9 Å². The topological polar surface area (TPSA) is 41.1 Å². The third kappa shape index (κ3) is 4.28. The first kappa shape index (κ1) is 15.5. The molecule has 0 aromatic heterocycles. The van der Waals surface area contributed by atoms with Gasteiger partial charge in [0.2, 0.25) is 5.91 Å². The molecule has 0 heterocycles. The molecule has 0 radical (unpaired) electrons. The van der Waals surface area contributed by atoms with Crippen LogP contribution >= 0.6 is 0 Å². The van der Waals surface area contributed by atoms with E-state index in [4.69, 9.17) is 0 Å². The molecule has 1 aliphatic carbocycles. The Hall–Kier alpha value is -2.43. The second-order valence-corrected chi connectivity index (χ2v) is 5.77. The van der Waals surface area contributed by atoms with Gasteiger partial charge in [-0.1, -0.05) is 18.2 Å². The van der Waals surface area contributed by atoms with E-state index in [0.717, 1.165) is 24.1 Å². The number of nitrogens with one attached hydrogen (secondary N) is 2. The number of halogens is 2. The molecule has 2 N–H and O–H groups in total. The summed E-state index contributed by atoms with van der Waals surface area (Å²) in [5, 5.41) is 5.92. The minimum atomic E-state index is -0.564. The van der Waals surface area contributed by atoms with Crippen molar-refractivity contribution in [3.63, 3.8) is 0 Å². The molecule has 1 saturated carbocycles. The van der Waals surface area contributed by atoms with Crippen LogP contribution in [0.25, 0.3) is 0 Å². The van der Waals surface area contributed by atoms with Crippen molar-refractivity contribution in [2.75, 3.05) is 5.32 Å². The molecule has 5 heteroatoms. The lowest BCUT2D eigenvalue weighted by atomic mass is 10.1. The number of carbonyl (C=O) groups excluding carboxylic acids is 1. The summed E-state index contributed by atoms with van der Waals surface area (Å²) in [7, 11) is 0. The maximum atomic E-state index is 13.5. The van der Waals surface area contributed by atoms with Gasteiger partial charge >= 0.3 is 0 Å².